The number of rotatable bonds is 3. The van der Waals surface area contributed by atoms with Crippen LogP contribution in [0.1, 0.15) is 41.5 Å². The normalized spacial score (nSPS) is 27.8. The van der Waals surface area contributed by atoms with Crippen LogP contribution in [-0.4, -0.2) is 23.3 Å². The van der Waals surface area contributed by atoms with Gasteiger partial charge >= 0.3 is 5.97 Å². The predicted molar refractivity (Wildman–Crippen MR) is 67.4 cm³/mol. The fraction of sp³-hybridized carbons (Fsp3) is 0.786. The lowest BCUT2D eigenvalue weighted by Gasteiger charge is -2.20. The van der Waals surface area contributed by atoms with Gasteiger partial charge in [-0.05, 0) is 38.7 Å². The number of aliphatic hydroxyl groups excluding tert-OH is 1. The summed E-state index contributed by atoms with van der Waals surface area (Å²) in [5, 5.41) is 9.28. The van der Waals surface area contributed by atoms with E-state index >= 15 is 0 Å². The van der Waals surface area contributed by atoms with Crippen molar-refractivity contribution in [3.8, 4) is 0 Å². The average Bonchev–Trinajstić information content (AvgIpc) is 2.69. The highest BCUT2D eigenvalue weighted by Gasteiger charge is 2.63. The highest BCUT2D eigenvalue weighted by Crippen LogP contribution is 2.62. The average molecular weight is 240 g/mol. The van der Waals surface area contributed by atoms with Crippen LogP contribution in [0.2, 0.25) is 0 Å². The standard InChI is InChI=1S/C14H24O3/c1-7-9(8-15)10-11(14(10,5)6)12(16)17-13(2,3)4/h7,10-11,15H,8H2,1-6H3/b9-7-. The zero-order chi connectivity index (χ0) is 13.4. The molecule has 0 radical (unpaired) electrons. The highest BCUT2D eigenvalue weighted by molar-refractivity contribution is 5.79. The molecule has 0 aromatic heterocycles. The number of esters is 1. The molecule has 1 rings (SSSR count). The van der Waals surface area contributed by atoms with Crippen LogP contribution in [0.4, 0.5) is 0 Å². The van der Waals surface area contributed by atoms with Crippen molar-refractivity contribution in [2.24, 2.45) is 17.3 Å². The van der Waals surface area contributed by atoms with E-state index in [1.54, 1.807) is 0 Å². The SMILES string of the molecule is C/C=C(/CO)C1C(C(=O)OC(C)(C)C)C1(C)C. The molecule has 1 N–H and O–H groups in total. The van der Waals surface area contributed by atoms with Gasteiger partial charge in [0.25, 0.3) is 0 Å². The molecule has 2 atom stereocenters. The van der Waals surface area contributed by atoms with E-state index in [9.17, 15) is 9.90 Å². The minimum Gasteiger partial charge on any atom is -0.460 e. The van der Waals surface area contributed by atoms with Gasteiger partial charge in [-0.2, -0.15) is 0 Å². The van der Waals surface area contributed by atoms with Gasteiger partial charge in [-0.1, -0.05) is 19.9 Å². The largest absolute Gasteiger partial charge is 0.460 e. The van der Waals surface area contributed by atoms with Gasteiger partial charge in [0, 0.05) is 5.92 Å². The molecule has 1 aliphatic rings. The maximum atomic E-state index is 12.1. The van der Waals surface area contributed by atoms with Crippen LogP contribution >= 0.6 is 0 Å². The van der Waals surface area contributed by atoms with Gasteiger partial charge in [-0.25, -0.2) is 0 Å². The molecule has 1 fully saturated rings. The lowest BCUT2D eigenvalue weighted by Crippen LogP contribution is -2.26. The molecule has 0 aromatic rings. The number of allylic oxidation sites excluding steroid dienone is 1. The van der Waals surface area contributed by atoms with Crippen molar-refractivity contribution in [2.75, 3.05) is 6.61 Å². The smallest absolute Gasteiger partial charge is 0.310 e. The summed E-state index contributed by atoms with van der Waals surface area (Å²) in [7, 11) is 0. The van der Waals surface area contributed by atoms with Crippen LogP contribution in [-0.2, 0) is 9.53 Å². The molecular weight excluding hydrogens is 216 g/mol. The summed E-state index contributed by atoms with van der Waals surface area (Å²) in [5.41, 5.74) is 0.383. The van der Waals surface area contributed by atoms with Crippen molar-refractivity contribution in [1.82, 2.24) is 0 Å². The topological polar surface area (TPSA) is 46.5 Å². The second-order valence-corrected chi connectivity index (χ2v) is 6.33. The Bertz CT molecular complexity index is 334. The van der Waals surface area contributed by atoms with E-state index in [4.69, 9.17) is 4.74 Å². The Balaban J connectivity index is 2.78. The molecule has 3 heteroatoms. The van der Waals surface area contributed by atoms with Crippen molar-refractivity contribution in [1.29, 1.82) is 0 Å². The quantitative estimate of drug-likeness (QED) is 0.609. The van der Waals surface area contributed by atoms with Crippen molar-refractivity contribution < 1.29 is 14.6 Å². The molecule has 2 unspecified atom stereocenters. The first-order valence-corrected chi connectivity index (χ1v) is 6.14. The van der Waals surface area contributed by atoms with Gasteiger partial charge in [0.15, 0.2) is 0 Å². The van der Waals surface area contributed by atoms with E-state index < -0.39 is 5.60 Å². The Hall–Kier alpha value is -0.830. The second-order valence-electron chi connectivity index (χ2n) is 6.33. The molecule has 0 aromatic carbocycles. The van der Waals surface area contributed by atoms with E-state index in [1.165, 1.54) is 0 Å². The third-order valence-corrected chi connectivity index (χ3v) is 3.44. The third-order valence-electron chi connectivity index (χ3n) is 3.44. The molecule has 0 heterocycles. The Morgan fingerprint density at radius 2 is 1.88 bits per heavy atom. The lowest BCUT2D eigenvalue weighted by atomic mass is 10.0. The van der Waals surface area contributed by atoms with Crippen LogP contribution in [0.3, 0.4) is 0 Å². The Kier molecular flexibility index (Phi) is 3.72. The monoisotopic (exact) mass is 240 g/mol. The van der Waals surface area contributed by atoms with Crippen molar-refractivity contribution in [3.63, 3.8) is 0 Å². The Morgan fingerprint density at radius 1 is 1.35 bits per heavy atom. The maximum Gasteiger partial charge on any atom is 0.310 e. The summed E-state index contributed by atoms with van der Waals surface area (Å²) in [6.07, 6.45) is 1.90. The lowest BCUT2D eigenvalue weighted by molar-refractivity contribution is -0.157. The van der Waals surface area contributed by atoms with Crippen molar-refractivity contribution in [3.05, 3.63) is 11.6 Å². The second kappa shape index (κ2) is 4.45. The zero-order valence-corrected chi connectivity index (χ0v) is 11.7. The maximum absolute atomic E-state index is 12.1. The molecule has 1 aliphatic carbocycles. The Morgan fingerprint density at radius 3 is 2.24 bits per heavy atom. The van der Waals surface area contributed by atoms with Crippen LogP contribution < -0.4 is 0 Å². The number of hydrogen-bond donors (Lipinski definition) is 1. The summed E-state index contributed by atoms with van der Waals surface area (Å²) < 4.78 is 5.42. The van der Waals surface area contributed by atoms with E-state index in [1.807, 2.05) is 47.6 Å². The van der Waals surface area contributed by atoms with Gasteiger partial charge in [0.2, 0.25) is 0 Å². The summed E-state index contributed by atoms with van der Waals surface area (Å²) >= 11 is 0. The predicted octanol–water partition coefficient (Wildman–Crippen LogP) is 2.54. The minimum absolute atomic E-state index is 0.0178. The van der Waals surface area contributed by atoms with E-state index in [0.717, 1.165) is 5.57 Å². The first-order valence-electron chi connectivity index (χ1n) is 6.14. The van der Waals surface area contributed by atoms with E-state index in [0.29, 0.717) is 0 Å². The van der Waals surface area contributed by atoms with E-state index in [2.05, 4.69) is 0 Å². The molecule has 0 aliphatic heterocycles. The fourth-order valence-electron chi connectivity index (χ4n) is 2.50. The minimum atomic E-state index is -0.449. The zero-order valence-electron chi connectivity index (χ0n) is 11.7. The first-order chi connectivity index (χ1) is 7.65. The molecule has 0 bridgehead atoms. The highest BCUT2D eigenvalue weighted by atomic mass is 16.6. The molecule has 17 heavy (non-hydrogen) atoms. The molecular formula is C14H24O3. The number of carbonyl (C=O) groups is 1. The summed E-state index contributed by atoms with van der Waals surface area (Å²) in [6.45, 7) is 11.6. The summed E-state index contributed by atoms with van der Waals surface area (Å²) in [5.74, 6) is -0.160. The molecule has 0 amide bonds. The molecule has 0 saturated heterocycles. The number of hydrogen-bond acceptors (Lipinski definition) is 3. The van der Waals surface area contributed by atoms with Crippen molar-refractivity contribution in [2.45, 2.75) is 47.1 Å². The van der Waals surface area contributed by atoms with Crippen LogP contribution in [0.25, 0.3) is 0 Å². The van der Waals surface area contributed by atoms with Gasteiger partial charge in [0.05, 0.1) is 12.5 Å². The fourth-order valence-corrected chi connectivity index (χ4v) is 2.50. The number of aliphatic hydroxyl groups is 1. The summed E-state index contributed by atoms with van der Waals surface area (Å²) in [4.78, 5) is 12.1. The van der Waals surface area contributed by atoms with Crippen LogP contribution in [0.5, 0.6) is 0 Å². The third kappa shape index (κ3) is 2.89. The van der Waals surface area contributed by atoms with E-state index in [-0.39, 0.29) is 29.8 Å². The van der Waals surface area contributed by atoms with Gasteiger partial charge in [-0.15, -0.1) is 0 Å². The first kappa shape index (κ1) is 14.2. The van der Waals surface area contributed by atoms with Gasteiger partial charge < -0.3 is 9.84 Å². The molecule has 3 nitrogen and oxygen atoms in total. The molecule has 1 saturated carbocycles. The number of carbonyl (C=O) groups excluding carboxylic acids is 1. The Labute approximate surface area is 104 Å². The van der Waals surface area contributed by atoms with Crippen LogP contribution in [0.15, 0.2) is 11.6 Å². The molecule has 0 spiro atoms. The van der Waals surface area contributed by atoms with Crippen molar-refractivity contribution >= 4 is 5.97 Å². The van der Waals surface area contributed by atoms with Gasteiger partial charge in [0.1, 0.15) is 5.60 Å². The summed E-state index contributed by atoms with van der Waals surface area (Å²) in [6, 6.07) is 0. The number of ether oxygens (including phenoxy) is 1. The molecule has 98 valence electrons. The van der Waals surface area contributed by atoms with Gasteiger partial charge in [-0.3, -0.25) is 4.79 Å². The van der Waals surface area contributed by atoms with Crippen LogP contribution in [0, 0.1) is 17.3 Å².